The Morgan fingerprint density at radius 1 is 1.19 bits per heavy atom. The number of piperazine rings is 1. The summed E-state index contributed by atoms with van der Waals surface area (Å²) in [6.45, 7) is 14.8. The first kappa shape index (κ1) is 20.5. The number of hydrogen-bond acceptors (Lipinski definition) is 4. The maximum absolute atomic E-state index is 11.9. The Labute approximate surface area is 157 Å². The second kappa shape index (κ2) is 11.0. The summed E-state index contributed by atoms with van der Waals surface area (Å²) in [7, 11) is 0. The van der Waals surface area contributed by atoms with Gasteiger partial charge in [0.15, 0.2) is 0 Å². The van der Waals surface area contributed by atoms with E-state index in [1.165, 1.54) is 5.56 Å². The molecule has 2 N–H and O–H groups in total. The number of urea groups is 1. The molecule has 1 unspecified atom stereocenters. The number of carbonyl (C=O) groups is 1. The molecule has 2 amide bonds. The number of nitrogens with zero attached hydrogens (tertiary/aromatic N) is 2. The van der Waals surface area contributed by atoms with Crippen LogP contribution in [-0.2, 0) is 0 Å². The van der Waals surface area contributed by atoms with Crippen LogP contribution in [0.5, 0.6) is 5.75 Å². The zero-order valence-electron chi connectivity index (χ0n) is 16.5. The van der Waals surface area contributed by atoms with Crippen molar-refractivity contribution in [1.29, 1.82) is 0 Å². The highest BCUT2D eigenvalue weighted by Gasteiger charge is 2.17. The molecule has 1 aliphatic rings. The monoisotopic (exact) mass is 362 g/mol. The van der Waals surface area contributed by atoms with Crippen LogP contribution in [0, 0.1) is 12.8 Å². The molecule has 6 nitrogen and oxygen atoms in total. The van der Waals surface area contributed by atoms with Crippen LogP contribution in [0.4, 0.5) is 4.79 Å². The van der Waals surface area contributed by atoms with E-state index in [-0.39, 0.29) is 6.03 Å². The molecule has 146 valence electrons. The van der Waals surface area contributed by atoms with Crippen molar-refractivity contribution in [2.24, 2.45) is 5.92 Å². The number of ether oxygens (including phenoxy) is 1. The van der Waals surface area contributed by atoms with Crippen molar-refractivity contribution in [3.63, 3.8) is 0 Å². The minimum atomic E-state index is -0.125. The molecule has 1 aromatic carbocycles. The van der Waals surface area contributed by atoms with Gasteiger partial charge in [-0.3, -0.25) is 0 Å². The molecular weight excluding hydrogens is 328 g/mol. The average molecular weight is 363 g/mol. The third-order valence-corrected chi connectivity index (χ3v) is 4.74. The van der Waals surface area contributed by atoms with Gasteiger partial charge in [0.1, 0.15) is 12.4 Å². The van der Waals surface area contributed by atoms with E-state index in [1.54, 1.807) is 0 Å². The van der Waals surface area contributed by atoms with Gasteiger partial charge >= 0.3 is 6.03 Å². The predicted molar refractivity (Wildman–Crippen MR) is 106 cm³/mol. The molecule has 1 aromatic rings. The van der Waals surface area contributed by atoms with E-state index in [0.29, 0.717) is 25.6 Å². The van der Waals surface area contributed by atoms with Gasteiger partial charge < -0.3 is 25.2 Å². The third-order valence-electron chi connectivity index (χ3n) is 4.74. The number of amides is 2. The first-order valence-corrected chi connectivity index (χ1v) is 9.72. The van der Waals surface area contributed by atoms with E-state index >= 15 is 0 Å². The van der Waals surface area contributed by atoms with E-state index in [4.69, 9.17) is 4.74 Å². The minimum Gasteiger partial charge on any atom is -0.492 e. The molecule has 26 heavy (non-hydrogen) atoms. The van der Waals surface area contributed by atoms with Crippen LogP contribution in [0.15, 0.2) is 24.3 Å². The van der Waals surface area contributed by atoms with Gasteiger partial charge in [-0.2, -0.15) is 0 Å². The Balaban J connectivity index is 1.52. The van der Waals surface area contributed by atoms with Gasteiger partial charge in [-0.25, -0.2) is 4.79 Å². The Hall–Kier alpha value is -1.79. The third kappa shape index (κ3) is 7.62. The first-order valence-electron chi connectivity index (χ1n) is 9.72. The van der Waals surface area contributed by atoms with E-state index < -0.39 is 0 Å². The van der Waals surface area contributed by atoms with Crippen molar-refractivity contribution in [2.75, 3.05) is 59.0 Å². The van der Waals surface area contributed by atoms with Crippen molar-refractivity contribution < 1.29 is 9.53 Å². The lowest BCUT2D eigenvalue weighted by atomic mass is 10.1. The number of aryl methyl sites for hydroxylation is 1. The second-order valence-electron chi connectivity index (χ2n) is 7.14. The summed E-state index contributed by atoms with van der Waals surface area (Å²) in [5.41, 5.74) is 1.17. The molecule has 0 aliphatic carbocycles. The van der Waals surface area contributed by atoms with Crippen LogP contribution in [-0.4, -0.2) is 74.8 Å². The van der Waals surface area contributed by atoms with Gasteiger partial charge in [0.05, 0.1) is 6.54 Å². The molecule has 1 heterocycles. The first-order chi connectivity index (χ1) is 12.6. The summed E-state index contributed by atoms with van der Waals surface area (Å²) in [4.78, 5) is 16.9. The van der Waals surface area contributed by atoms with Gasteiger partial charge in [0.2, 0.25) is 0 Å². The van der Waals surface area contributed by atoms with Crippen molar-refractivity contribution in [3.05, 3.63) is 29.8 Å². The molecule has 1 saturated heterocycles. The number of carbonyl (C=O) groups excluding carboxylic acids is 1. The SMILES string of the molecule is CCN1CCN(CC(C)CNC(=O)NCCOc2cccc(C)c2)CC1. The van der Waals surface area contributed by atoms with Crippen molar-refractivity contribution in [2.45, 2.75) is 20.8 Å². The second-order valence-corrected chi connectivity index (χ2v) is 7.14. The Bertz CT molecular complexity index is 544. The fourth-order valence-corrected chi connectivity index (χ4v) is 3.16. The van der Waals surface area contributed by atoms with Crippen LogP contribution >= 0.6 is 0 Å². The lowest BCUT2D eigenvalue weighted by Gasteiger charge is -2.35. The molecular formula is C20H34N4O2. The van der Waals surface area contributed by atoms with Gasteiger partial charge in [0, 0.05) is 39.3 Å². The fraction of sp³-hybridized carbons (Fsp3) is 0.650. The van der Waals surface area contributed by atoms with Crippen LogP contribution in [0.25, 0.3) is 0 Å². The van der Waals surface area contributed by atoms with Gasteiger partial charge in [-0.1, -0.05) is 26.0 Å². The molecule has 0 aromatic heterocycles. The summed E-state index contributed by atoms with van der Waals surface area (Å²) in [5, 5.41) is 5.80. The maximum Gasteiger partial charge on any atom is 0.314 e. The zero-order valence-corrected chi connectivity index (χ0v) is 16.5. The van der Waals surface area contributed by atoms with Gasteiger partial charge in [-0.05, 0) is 37.1 Å². The van der Waals surface area contributed by atoms with Gasteiger partial charge in [-0.15, -0.1) is 0 Å². The van der Waals surface area contributed by atoms with Crippen molar-refractivity contribution >= 4 is 6.03 Å². The maximum atomic E-state index is 11.9. The number of nitrogens with one attached hydrogen (secondary N) is 2. The van der Waals surface area contributed by atoms with E-state index in [0.717, 1.165) is 45.0 Å². The van der Waals surface area contributed by atoms with E-state index in [1.807, 2.05) is 31.2 Å². The highest BCUT2D eigenvalue weighted by molar-refractivity contribution is 5.73. The summed E-state index contributed by atoms with van der Waals surface area (Å²) in [6.07, 6.45) is 0. The highest BCUT2D eigenvalue weighted by Crippen LogP contribution is 2.11. The van der Waals surface area contributed by atoms with Crippen LogP contribution in [0.2, 0.25) is 0 Å². The lowest BCUT2D eigenvalue weighted by molar-refractivity contribution is 0.124. The number of rotatable bonds is 9. The van der Waals surface area contributed by atoms with E-state index in [2.05, 4.69) is 34.3 Å². The van der Waals surface area contributed by atoms with Gasteiger partial charge in [0.25, 0.3) is 0 Å². The minimum absolute atomic E-state index is 0.125. The summed E-state index contributed by atoms with van der Waals surface area (Å²) in [6, 6.07) is 7.79. The van der Waals surface area contributed by atoms with Crippen LogP contribution < -0.4 is 15.4 Å². The Kier molecular flexibility index (Phi) is 8.71. The quantitative estimate of drug-likeness (QED) is 0.659. The van der Waals surface area contributed by atoms with Crippen molar-refractivity contribution in [3.8, 4) is 5.75 Å². The Morgan fingerprint density at radius 2 is 1.92 bits per heavy atom. The summed E-state index contributed by atoms with van der Waals surface area (Å²) < 4.78 is 5.63. The normalized spacial score (nSPS) is 16.9. The molecule has 1 atom stereocenters. The predicted octanol–water partition coefficient (Wildman–Crippen LogP) is 1.95. The standard InChI is InChI=1S/C20H34N4O2/c1-4-23-9-11-24(12-10-23)16-18(3)15-22-20(25)21-8-13-26-19-7-5-6-17(2)14-19/h5-7,14,18H,4,8-13,15-16H2,1-3H3,(H2,21,22,25). The van der Waals surface area contributed by atoms with Crippen LogP contribution in [0.3, 0.4) is 0 Å². The number of hydrogen-bond donors (Lipinski definition) is 2. The molecule has 0 bridgehead atoms. The smallest absolute Gasteiger partial charge is 0.314 e. The molecule has 0 spiro atoms. The molecule has 2 rings (SSSR count). The molecule has 0 saturated carbocycles. The average Bonchev–Trinajstić information content (AvgIpc) is 2.64. The fourth-order valence-electron chi connectivity index (χ4n) is 3.16. The molecule has 1 aliphatic heterocycles. The summed E-state index contributed by atoms with van der Waals surface area (Å²) in [5.74, 6) is 1.28. The van der Waals surface area contributed by atoms with Crippen molar-refractivity contribution in [1.82, 2.24) is 20.4 Å². The Morgan fingerprint density at radius 3 is 2.62 bits per heavy atom. The lowest BCUT2D eigenvalue weighted by Crippen LogP contribution is -2.48. The summed E-state index contributed by atoms with van der Waals surface area (Å²) >= 11 is 0. The largest absolute Gasteiger partial charge is 0.492 e. The van der Waals surface area contributed by atoms with E-state index in [9.17, 15) is 4.79 Å². The molecule has 6 heteroatoms. The number of likely N-dealkylation sites (N-methyl/N-ethyl adjacent to an activating group) is 1. The number of benzene rings is 1. The molecule has 0 radical (unpaired) electrons. The molecule has 1 fully saturated rings. The topological polar surface area (TPSA) is 56.8 Å². The highest BCUT2D eigenvalue weighted by atomic mass is 16.5. The zero-order chi connectivity index (χ0) is 18.8. The van der Waals surface area contributed by atoms with Crippen LogP contribution in [0.1, 0.15) is 19.4 Å².